The molecule has 0 aliphatic rings. The number of benzene rings is 1. The lowest BCUT2D eigenvalue weighted by atomic mass is 10.2. The predicted octanol–water partition coefficient (Wildman–Crippen LogP) is 1.27. The van der Waals surface area contributed by atoms with Gasteiger partial charge in [0.2, 0.25) is 5.91 Å². The molecule has 0 aromatic heterocycles. The van der Waals surface area contributed by atoms with Crippen molar-refractivity contribution in [1.29, 1.82) is 0 Å². The topological polar surface area (TPSA) is 61.4 Å². The van der Waals surface area contributed by atoms with Gasteiger partial charge in [-0.1, -0.05) is 17.7 Å². The average Bonchev–Trinajstić information content (AvgIpc) is 2.27. The van der Waals surface area contributed by atoms with E-state index in [1.807, 2.05) is 0 Å². The van der Waals surface area contributed by atoms with E-state index >= 15 is 0 Å². The first-order valence-electron chi connectivity index (χ1n) is 4.97. The number of nitrogens with one attached hydrogen (secondary N) is 2. The number of carbonyl (C=O) groups excluding carboxylic acids is 1. The maximum absolute atomic E-state index is 11.2. The molecule has 16 heavy (non-hydrogen) atoms. The van der Waals surface area contributed by atoms with Crippen LogP contribution in [0, 0.1) is 0 Å². The van der Waals surface area contributed by atoms with Crippen LogP contribution in [0.1, 0.15) is 12.5 Å². The van der Waals surface area contributed by atoms with Gasteiger partial charge in [0.15, 0.2) is 0 Å². The first-order chi connectivity index (χ1) is 7.56. The number of aromatic hydroxyl groups is 1. The number of phenolic OH excluding ortho intramolecular Hbond substituents is 1. The van der Waals surface area contributed by atoms with Crippen LogP contribution in [0.5, 0.6) is 5.75 Å². The molecule has 1 aromatic rings. The summed E-state index contributed by atoms with van der Waals surface area (Å²) in [7, 11) is 1.58. The zero-order valence-electron chi connectivity index (χ0n) is 9.25. The Bertz CT molecular complexity index is 362. The molecule has 0 saturated carbocycles. The monoisotopic (exact) mass is 242 g/mol. The van der Waals surface area contributed by atoms with E-state index in [4.69, 9.17) is 11.6 Å². The molecule has 3 N–H and O–H groups in total. The molecule has 0 fully saturated rings. The lowest BCUT2D eigenvalue weighted by molar-refractivity contribution is -0.122. The molecule has 1 atom stereocenters. The summed E-state index contributed by atoms with van der Waals surface area (Å²) in [6.45, 7) is 2.09. The second kappa shape index (κ2) is 5.72. The maximum atomic E-state index is 11.2. The van der Waals surface area contributed by atoms with Gasteiger partial charge in [-0.2, -0.15) is 0 Å². The number of hydrogen-bond acceptors (Lipinski definition) is 3. The Labute approximate surface area is 99.6 Å². The number of rotatable bonds is 4. The smallest absolute Gasteiger partial charge is 0.236 e. The number of hydrogen-bond donors (Lipinski definition) is 3. The molecular formula is C11H15ClN2O2. The van der Waals surface area contributed by atoms with Gasteiger partial charge in [0.25, 0.3) is 0 Å². The first kappa shape index (κ1) is 12.8. The van der Waals surface area contributed by atoms with Crippen molar-refractivity contribution >= 4 is 17.5 Å². The fraction of sp³-hybridized carbons (Fsp3) is 0.364. The van der Waals surface area contributed by atoms with E-state index in [9.17, 15) is 9.90 Å². The molecule has 1 unspecified atom stereocenters. The van der Waals surface area contributed by atoms with Gasteiger partial charge < -0.3 is 15.7 Å². The zero-order valence-corrected chi connectivity index (χ0v) is 10.0. The van der Waals surface area contributed by atoms with E-state index in [0.29, 0.717) is 17.1 Å². The average molecular weight is 243 g/mol. The molecule has 0 aliphatic heterocycles. The van der Waals surface area contributed by atoms with Crippen LogP contribution < -0.4 is 10.6 Å². The summed E-state index contributed by atoms with van der Waals surface area (Å²) in [5, 5.41) is 15.6. The lowest BCUT2D eigenvalue weighted by Crippen LogP contribution is -2.40. The van der Waals surface area contributed by atoms with E-state index in [-0.39, 0.29) is 17.7 Å². The second-order valence-electron chi connectivity index (χ2n) is 3.45. The van der Waals surface area contributed by atoms with Crippen LogP contribution in [0.3, 0.4) is 0 Å². The van der Waals surface area contributed by atoms with Gasteiger partial charge in [-0.3, -0.25) is 4.79 Å². The highest BCUT2D eigenvalue weighted by Gasteiger charge is 2.12. The van der Waals surface area contributed by atoms with Gasteiger partial charge in [-0.15, -0.1) is 0 Å². The van der Waals surface area contributed by atoms with Crippen LogP contribution in [-0.4, -0.2) is 24.1 Å². The van der Waals surface area contributed by atoms with Crippen molar-refractivity contribution < 1.29 is 9.90 Å². The van der Waals surface area contributed by atoms with Crippen molar-refractivity contribution in [2.75, 3.05) is 7.05 Å². The Morgan fingerprint density at radius 2 is 2.25 bits per heavy atom. The highest BCUT2D eigenvalue weighted by Crippen LogP contribution is 2.24. The van der Waals surface area contributed by atoms with Crippen LogP contribution in [0.15, 0.2) is 18.2 Å². The Hall–Kier alpha value is -1.26. The maximum Gasteiger partial charge on any atom is 0.236 e. The third-order valence-electron chi connectivity index (χ3n) is 2.32. The van der Waals surface area contributed by atoms with E-state index < -0.39 is 0 Å². The zero-order chi connectivity index (χ0) is 12.1. The summed E-state index contributed by atoms with van der Waals surface area (Å²) < 4.78 is 0. The molecule has 88 valence electrons. The minimum Gasteiger partial charge on any atom is -0.508 e. The summed E-state index contributed by atoms with van der Waals surface area (Å²) in [4.78, 5) is 11.2. The normalized spacial score (nSPS) is 12.2. The van der Waals surface area contributed by atoms with Crippen LogP contribution in [-0.2, 0) is 11.3 Å². The molecule has 4 nitrogen and oxygen atoms in total. The second-order valence-corrected chi connectivity index (χ2v) is 3.86. The predicted molar refractivity (Wildman–Crippen MR) is 63.5 cm³/mol. The molecule has 5 heteroatoms. The van der Waals surface area contributed by atoms with E-state index in [0.717, 1.165) is 0 Å². The summed E-state index contributed by atoms with van der Waals surface area (Å²) in [6, 6.07) is 4.60. The fourth-order valence-corrected chi connectivity index (χ4v) is 1.52. The quantitative estimate of drug-likeness (QED) is 0.745. The number of amides is 1. The number of halogens is 1. The molecule has 1 rings (SSSR count). The first-order valence-corrected chi connectivity index (χ1v) is 5.35. The Morgan fingerprint density at radius 1 is 1.56 bits per heavy atom. The molecule has 0 spiro atoms. The van der Waals surface area contributed by atoms with Crippen LogP contribution >= 0.6 is 11.6 Å². The molecule has 0 heterocycles. The molecule has 0 aliphatic carbocycles. The van der Waals surface area contributed by atoms with Crippen molar-refractivity contribution in [2.24, 2.45) is 0 Å². The van der Waals surface area contributed by atoms with Crippen molar-refractivity contribution in [1.82, 2.24) is 10.6 Å². The Morgan fingerprint density at radius 3 is 2.81 bits per heavy atom. The summed E-state index contributed by atoms with van der Waals surface area (Å²) >= 11 is 5.93. The van der Waals surface area contributed by atoms with Gasteiger partial charge in [0.05, 0.1) is 6.04 Å². The minimum atomic E-state index is -0.333. The van der Waals surface area contributed by atoms with Gasteiger partial charge in [0, 0.05) is 24.2 Å². The van der Waals surface area contributed by atoms with Crippen molar-refractivity contribution in [3.05, 3.63) is 28.8 Å². The molecule has 1 amide bonds. The molecule has 1 aromatic carbocycles. The Kier molecular flexibility index (Phi) is 4.58. The minimum absolute atomic E-state index is 0.105. The highest BCUT2D eigenvalue weighted by atomic mass is 35.5. The van der Waals surface area contributed by atoms with Crippen LogP contribution in [0.25, 0.3) is 0 Å². The van der Waals surface area contributed by atoms with Crippen molar-refractivity contribution in [2.45, 2.75) is 19.5 Å². The standard InChI is InChI=1S/C11H15ClN2O2/c1-7(11(16)13-2)14-6-8-9(12)4-3-5-10(8)15/h3-5,7,14-15H,6H2,1-2H3,(H,13,16). The molecule has 0 radical (unpaired) electrons. The molecule has 0 bridgehead atoms. The summed E-state index contributed by atoms with van der Waals surface area (Å²) in [6.07, 6.45) is 0. The van der Waals surface area contributed by atoms with Crippen molar-refractivity contribution in [3.63, 3.8) is 0 Å². The van der Waals surface area contributed by atoms with Crippen LogP contribution in [0.4, 0.5) is 0 Å². The third-order valence-corrected chi connectivity index (χ3v) is 2.67. The van der Waals surface area contributed by atoms with E-state index in [2.05, 4.69) is 10.6 Å². The van der Waals surface area contributed by atoms with Crippen LogP contribution in [0.2, 0.25) is 5.02 Å². The highest BCUT2D eigenvalue weighted by molar-refractivity contribution is 6.31. The van der Waals surface area contributed by atoms with E-state index in [1.165, 1.54) is 0 Å². The summed E-state index contributed by atoms with van der Waals surface area (Å²) in [5.74, 6) is 0.0238. The third kappa shape index (κ3) is 3.12. The molecular weight excluding hydrogens is 228 g/mol. The van der Waals surface area contributed by atoms with Crippen molar-refractivity contribution in [3.8, 4) is 5.75 Å². The van der Waals surface area contributed by atoms with Gasteiger partial charge in [-0.05, 0) is 19.1 Å². The van der Waals surface area contributed by atoms with Gasteiger partial charge >= 0.3 is 0 Å². The number of likely N-dealkylation sites (N-methyl/N-ethyl adjacent to an activating group) is 1. The van der Waals surface area contributed by atoms with E-state index in [1.54, 1.807) is 32.2 Å². The lowest BCUT2D eigenvalue weighted by Gasteiger charge is -2.13. The number of carbonyl (C=O) groups is 1. The molecule has 0 saturated heterocycles. The van der Waals surface area contributed by atoms with Gasteiger partial charge in [-0.25, -0.2) is 0 Å². The largest absolute Gasteiger partial charge is 0.508 e. The fourth-order valence-electron chi connectivity index (χ4n) is 1.29. The Balaban J connectivity index is 2.64. The SMILES string of the molecule is CNC(=O)C(C)NCc1c(O)cccc1Cl. The summed E-state index contributed by atoms with van der Waals surface area (Å²) in [5.41, 5.74) is 0.597. The number of phenols is 1. The van der Waals surface area contributed by atoms with Gasteiger partial charge in [0.1, 0.15) is 5.75 Å².